The van der Waals surface area contributed by atoms with Crippen molar-refractivity contribution in [3.8, 4) is 11.4 Å². The molecule has 0 fully saturated rings. The van der Waals surface area contributed by atoms with Gasteiger partial charge < -0.3 is 0 Å². The minimum Gasteiger partial charge on any atom is -0.291 e. The van der Waals surface area contributed by atoms with E-state index in [1.54, 1.807) is 12.1 Å². The van der Waals surface area contributed by atoms with Gasteiger partial charge in [-0.05, 0) is 39.3 Å². The van der Waals surface area contributed by atoms with Crippen LogP contribution in [-0.4, -0.2) is 23.2 Å². The standard InChI is InChI=1S/C13H17ClN4O2S/c1-8-9(6-5-7-10(8)14)11-16-17-12(21(15,19)20)18(11)13(2,3)4/h5-7H,1-4H3,(H2,15,19,20). The highest BCUT2D eigenvalue weighted by molar-refractivity contribution is 7.89. The van der Waals surface area contributed by atoms with Crippen molar-refractivity contribution in [2.45, 2.75) is 38.4 Å². The van der Waals surface area contributed by atoms with E-state index in [0.29, 0.717) is 10.8 Å². The predicted octanol–water partition coefficient (Wildman–Crippen LogP) is 2.31. The molecule has 1 heterocycles. The molecular formula is C13H17ClN4O2S. The molecular weight excluding hydrogens is 312 g/mol. The predicted molar refractivity (Wildman–Crippen MR) is 81.6 cm³/mol. The maximum atomic E-state index is 11.7. The Labute approximate surface area is 129 Å². The van der Waals surface area contributed by atoms with E-state index in [4.69, 9.17) is 16.7 Å². The van der Waals surface area contributed by atoms with Crippen molar-refractivity contribution in [2.75, 3.05) is 0 Å². The number of nitrogens with zero attached hydrogens (tertiary/aromatic N) is 3. The van der Waals surface area contributed by atoms with Gasteiger partial charge in [-0.2, -0.15) is 0 Å². The van der Waals surface area contributed by atoms with Crippen LogP contribution in [-0.2, 0) is 15.6 Å². The zero-order valence-electron chi connectivity index (χ0n) is 12.3. The molecule has 1 aromatic carbocycles. The molecule has 1 aromatic heterocycles. The summed E-state index contributed by atoms with van der Waals surface area (Å²) < 4.78 is 25.0. The normalized spacial score (nSPS) is 12.7. The van der Waals surface area contributed by atoms with Crippen molar-refractivity contribution in [1.82, 2.24) is 14.8 Å². The lowest BCUT2D eigenvalue weighted by molar-refractivity contribution is 0.366. The fourth-order valence-corrected chi connectivity index (χ4v) is 3.03. The summed E-state index contributed by atoms with van der Waals surface area (Å²) in [7, 11) is -3.97. The summed E-state index contributed by atoms with van der Waals surface area (Å²) in [5, 5.41) is 13.3. The number of hydrogen-bond donors (Lipinski definition) is 1. The van der Waals surface area contributed by atoms with Crippen molar-refractivity contribution >= 4 is 21.6 Å². The minimum atomic E-state index is -3.97. The molecule has 0 bridgehead atoms. The van der Waals surface area contributed by atoms with Crippen LogP contribution in [0.4, 0.5) is 0 Å². The van der Waals surface area contributed by atoms with Crippen molar-refractivity contribution in [2.24, 2.45) is 5.14 Å². The molecule has 0 saturated heterocycles. The molecule has 0 atom stereocenters. The molecule has 21 heavy (non-hydrogen) atoms. The molecule has 2 N–H and O–H groups in total. The van der Waals surface area contributed by atoms with E-state index >= 15 is 0 Å². The van der Waals surface area contributed by atoms with Crippen molar-refractivity contribution in [1.29, 1.82) is 0 Å². The second kappa shape index (κ2) is 5.08. The smallest absolute Gasteiger partial charge is 0.273 e. The first-order valence-electron chi connectivity index (χ1n) is 6.27. The first-order chi connectivity index (χ1) is 9.53. The van der Waals surface area contributed by atoms with Gasteiger partial charge in [-0.25, -0.2) is 13.6 Å². The van der Waals surface area contributed by atoms with E-state index in [1.165, 1.54) is 4.57 Å². The Morgan fingerprint density at radius 3 is 2.38 bits per heavy atom. The van der Waals surface area contributed by atoms with E-state index in [2.05, 4.69) is 10.2 Å². The molecule has 0 unspecified atom stereocenters. The SMILES string of the molecule is Cc1c(Cl)cccc1-c1nnc(S(N)(=O)=O)n1C(C)(C)C. The third kappa shape index (κ3) is 2.95. The largest absolute Gasteiger partial charge is 0.291 e. The summed E-state index contributed by atoms with van der Waals surface area (Å²) in [5.41, 5.74) is 0.966. The van der Waals surface area contributed by atoms with E-state index in [9.17, 15) is 8.42 Å². The van der Waals surface area contributed by atoms with E-state index < -0.39 is 15.6 Å². The topological polar surface area (TPSA) is 90.9 Å². The number of benzene rings is 1. The number of sulfonamides is 1. The van der Waals surface area contributed by atoms with Crippen LogP contribution in [0.2, 0.25) is 5.02 Å². The zero-order valence-corrected chi connectivity index (χ0v) is 13.8. The molecule has 0 saturated carbocycles. The molecule has 0 amide bonds. The van der Waals surface area contributed by atoms with Crippen LogP contribution >= 0.6 is 11.6 Å². The first-order valence-corrected chi connectivity index (χ1v) is 8.20. The van der Waals surface area contributed by atoms with E-state index in [1.807, 2.05) is 33.8 Å². The average molecular weight is 329 g/mol. The average Bonchev–Trinajstić information content (AvgIpc) is 2.76. The highest BCUT2D eigenvalue weighted by Gasteiger charge is 2.29. The number of nitrogens with two attached hydrogens (primary N) is 1. The third-order valence-electron chi connectivity index (χ3n) is 3.07. The van der Waals surface area contributed by atoms with Gasteiger partial charge in [0.1, 0.15) is 0 Å². The van der Waals surface area contributed by atoms with E-state index in [-0.39, 0.29) is 5.16 Å². The van der Waals surface area contributed by atoms with Crippen molar-refractivity contribution < 1.29 is 8.42 Å². The van der Waals surface area contributed by atoms with Gasteiger partial charge in [0.2, 0.25) is 0 Å². The van der Waals surface area contributed by atoms with Gasteiger partial charge in [-0.3, -0.25) is 4.57 Å². The fourth-order valence-electron chi connectivity index (χ4n) is 2.08. The summed E-state index contributed by atoms with van der Waals surface area (Å²) in [6.07, 6.45) is 0. The van der Waals surface area contributed by atoms with Gasteiger partial charge >= 0.3 is 0 Å². The van der Waals surface area contributed by atoms with Crippen molar-refractivity contribution in [3.63, 3.8) is 0 Å². The molecule has 0 aliphatic heterocycles. The first kappa shape index (κ1) is 15.9. The quantitative estimate of drug-likeness (QED) is 0.915. The number of aromatic nitrogens is 3. The van der Waals surface area contributed by atoms with Gasteiger partial charge in [0.25, 0.3) is 15.2 Å². The number of halogens is 1. The molecule has 8 heteroatoms. The molecule has 2 aromatic rings. The van der Waals surface area contributed by atoms with Gasteiger partial charge in [0, 0.05) is 16.1 Å². The Balaban J connectivity index is 2.83. The highest BCUT2D eigenvalue weighted by atomic mass is 35.5. The van der Waals surface area contributed by atoms with Crippen LogP contribution in [0.5, 0.6) is 0 Å². The summed E-state index contributed by atoms with van der Waals surface area (Å²) in [4.78, 5) is 0. The van der Waals surface area contributed by atoms with Crippen LogP contribution in [0.1, 0.15) is 26.3 Å². The van der Waals surface area contributed by atoms with Crippen LogP contribution < -0.4 is 5.14 Å². The second-order valence-corrected chi connectivity index (χ2v) is 7.63. The maximum absolute atomic E-state index is 11.7. The van der Waals surface area contributed by atoms with Crippen molar-refractivity contribution in [3.05, 3.63) is 28.8 Å². The Morgan fingerprint density at radius 1 is 1.24 bits per heavy atom. The third-order valence-corrected chi connectivity index (χ3v) is 4.25. The molecule has 0 spiro atoms. The number of primary sulfonamides is 1. The lowest BCUT2D eigenvalue weighted by atomic mass is 10.1. The molecule has 2 rings (SSSR count). The molecule has 0 radical (unpaired) electrons. The minimum absolute atomic E-state index is 0.260. The van der Waals surface area contributed by atoms with Crippen LogP contribution in [0.25, 0.3) is 11.4 Å². The monoisotopic (exact) mass is 328 g/mol. The summed E-state index contributed by atoms with van der Waals surface area (Å²) in [5.74, 6) is 0.423. The summed E-state index contributed by atoms with van der Waals surface area (Å²) >= 11 is 6.13. The van der Waals surface area contributed by atoms with Gasteiger partial charge in [0.05, 0.1) is 0 Å². The molecule has 6 nitrogen and oxygen atoms in total. The second-order valence-electron chi connectivity index (χ2n) is 5.77. The Bertz CT molecular complexity index is 791. The van der Waals surface area contributed by atoms with Gasteiger partial charge in [-0.1, -0.05) is 23.7 Å². The lowest BCUT2D eigenvalue weighted by Gasteiger charge is -2.24. The van der Waals surface area contributed by atoms with E-state index in [0.717, 1.165) is 11.1 Å². The highest BCUT2D eigenvalue weighted by Crippen LogP contribution is 2.31. The Hall–Kier alpha value is -1.44. The van der Waals surface area contributed by atoms with Crippen LogP contribution in [0.15, 0.2) is 23.4 Å². The zero-order chi connectivity index (χ0) is 16.0. The van der Waals surface area contributed by atoms with Crippen LogP contribution in [0, 0.1) is 6.92 Å². The number of rotatable bonds is 2. The molecule has 0 aliphatic rings. The van der Waals surface area contributed by atoms with Crippen LogP contribution in [0.3, 0.4) is 0 Å². The summed E-state index contributed by atoms with van der Waals surface area (Å²) in [6, 6.07) is 5.36. The Morgan fingerprint density at radius 2 is 1.86 bits per heavy atom. The fraction of sp³-hybridized carbons (Fsp3) is 0.385. The van der Waals surface area contributed by atoms with Gasteiger partial charge in [-0.15, -0.1) is 10.2 Å². The maximum Gasteiger partial charge on any atom is 0.273 e. The summed E-state index contributed by atoms with van der Waals surface area (Å²) in [6.45, 7) is 7.41. The lowest BCUT2D eigenvalue weighted by Crippen LogP contribution is -2.29. The Kier molecular flexibility index (Phi) is 3.86. The van der Waals surface area contributed by atoms with Gasteiger partial charge in [0.15, 0.2) is 5.82 Å². The molecule has 114 valence electrons. The number of hydrogen-bond acceptors (Lipinski definition) is 4. The molecule has 0 aliphatic carbocycles.